The molecule has 4 rings (SSSR count). The van der Waals surface area contributed by atoms with Crippen LogP contribution in [0.15, 0.2) is 72.1 Å². The van der Waals surface area contributed by atoms with Crippen LogP contribution in [0.3, 0.4) is 0 Å². The van der Waals surface area contributed by atoms with Crippen LogP contribution in [0, 0.1) is 0 Å². The first kappa shape index (κ1) is 18.4. The van der Waals surface area contributed by atoms with Gasteiger partial charge >= 0.3 is 6.03 Å². The van der Waals surface area contributed by atoms with Crippen LogP contribution in [0.25, 0.3) is 5.69 Å². The van der Waals surface area contributed by atoms with E-state index in [1.807, 2.05) is 30.3 Å². The first-order valence-electron chi connectivity index (χ1n) is 8.96. The highest BCUT2D eigenvalue weighted by atomic mass is 16.5. The van der Waals surface area contributed by atoms with Gasteiger partial charge in [0.15, 0.2) is 0 Å². The minimum absolute atomic E-state index is 0.459. The van der Waals surface area contributed by atoms with Crippen LogP contribution in [-0.4, -0.2) is 40.1 Å². The number of ether oxygens (including phenoxy) is 1. The lowest BCUT2D eigenvalue weighted by atomic mass is 9.92. The van der Waals surface area contributed by atoms with E-state index in [2.05, 4.69) is 15.5 Å². The van der Waals surface area contributed by atoms with Gasteiger partial charge in [-0.25, -0.2) is 9.48 Å². The number of carbonyl (C=O) groups excluding carboxylic acids is 2. The molecule has 0 spiro atoms. The number of methoxy groups -OCH3 is 1. The largest absolute Gasteiger partial charge is 0.497 e. The maximum atomic E-state index is 12.9. The normalized spacial score (nSPS) is 19.0. The Morgan fingerprint density at radius 1 is 1.10 bits per heavy atom. The highest BCUT2D eigenvalue weighted by Crippen LogP contribution is 2.30. The SMILES string of the molecule is COc1ccc([C@]2(C)NC(=O)N(/N=C\c3cnn(-c4ccccc4)c3)C2=O)cc1. The molecule has 1 atom stereocenters. The number of imide groups is 1. The van der Waals surface area contributed by atoms with Crippen molar-refractivity contribution in [2.75, 3.05) is 7.11 Å². The Balaban J connectivity index is 1.54. The van der Waals surface area contributed by atoms with Crippen LogP contribution in [0.1, 0.15) is 18.1 Å². The van der Waals surface area contributed by atoms with Crippen molar-refractivity contribution in [2.45, 2.75) is 12.5 Å². The molecular weight excluding hydrogens is 370 g/mol. The zero-order valence-electron chi connectivity index (χ0n) is 15.9. The molecule has 0 aliphatic carbocycles. The molecule has 1 aliphatic heterocycles. The van der Waals surface area contributed by atoms with Gasteiger partial charge in [0.2, 0.25) is 0 Å². The molecule has 0 saturated carbocycles. The second-order valence-corrected chi connectivity index (χ2v) is 6.70. The van der Waals surface area contributed by atoms with Gasteiger partial charge in [-0.05, 0) is 36.8 Å². The number of hydrazone groups is 1. The molecule has 3 amide bonds. The first-order valence-corrected chi connectivity index (χ1v) is 8.96. The van der Waals surface area contributed by atoms with Crippen LogP contribution in [0.2, 0.25) is 0 Å². The summed E-state index contributed by atoms with van der Waals surface area (Å²) in [6, 6.07) is 16.0. The van der Waals surface area contributed by atoms with Gasteiger partial charge in [0.25, 0.3) is 5.91 Å². The molecule has 3 aromatic rings. The number of carbonyl (C=O) groups is 2. The molecule has 1 aromatic heterocycles. The standard InChI is InChI=1S/C21H19N5O3/c1-21(16-8-10-18(29-2)11-9-16)19(27)26(20(28)24-21)23-13-15-12-22-25(14-15)17-6-4-3-5-7-17/h3-14H,1-2H3,(H,24,28)/b23-13-/t21-/m0/s1. The lowest BCUT2D eigenvalue weighted by molar-refractivity contribution is -0.131. The summed E-state index contributed by atoms with van der Waals surface area (Å²) in [6.45, 7) is 1.65. The number of nitrogens with zero attached hydrogens (tertiary/aromatic N) is 4. The monoisotopic (exact) mass is 389 g/mol. The van der Waals surface area contributed by atoms with E-state index < -0.39 is 17.5 Å². The van der Waals surface area contributed by atoms with Crippen molar-refractivity contribution in [3.8, 4) is 11.4 Å². The smallest absolute Gasteiger partial charge is 0.346 e. The summed E-state index contributed by atoms with van der Waals surface area (Å²) in [7, 11) is 1.57. The number of para-hydroxylation sites is 1. The molecule has 2 aromatic carbocycles. The Morgan fingerprint density at radius 3 is 2.52 bits per heavy atom. The van der Waals surface area contributed by atoms with Crippen molar-refractivity contribution in [1.82, 2.24) is 20.1 Å². The van der Waals surface area contributed by atoms with Crippen LogP contribution in [0.5, 0.6) is 5.75 Å². The fourth-order valence-electron chi connectivity index (χ4n) is 3.10. The zero-order valence-corrected chi connectivity index (χ0v) is 15.9. The van der Waals surface area contributed by atoms with Gasteiger partial charge in [-0.2, -0.15) is 10.2 Å². The fraction of sp³-hybridized carbons (Fsp3) is 0.143. The average molecular weight is 389 g/mol. The molecular formula is C21H19N5O3. The number of aromatic nitrogens is 2. The zero-order chi connectivity index (χ0) is 20.4. The van der Waals surface area contributed by atoms with Crippen LogP contribution in [0.4, 0.5) is 4.79 Å². The number of benzene rings is 2. The molecule has 1 aliphatic rings. The van der Waals surface area contributed by atoms with Crippen LogP contribution in [-0.2, 0) is 10.3 Å². The van der Waals surface area contributed by atoms with E-state index in [1.165, 1.54) is 6.21 Å². The lowest BCUT2D eigenvalue weighted by Crippen LogP contribution is -2.40. The van der Waals surface area contributed by atoms with E-state index in [0.29, 0.717) is 16.9 Å². The Kier molecular flexibility index (Phi) is 4.59. The molecule has 1 saturated heterocycles. The summed E-state index contributed by atoms with van der Waals surface area (Å²) in [5.41, 5.74) is 1.00. The summed E-state index contributed by atoms with van der Waals surface area (Å²) < 4.78 is 6.83. The summed E-state index contributed by atoms with van der Waals surface area (Å²) in [5, 5.41) is 11.9. The van der Waals surface area contributed by atoms with Gasteiger partial charge < -0.3 is 10.1 Å². The quantitative estimate of drug-likeness (QED) is 0.537. The molecule has 1 fully saturated rings. The second kappa shape index (κ2) is 7.23. The first-order chi connectivity index (χ1) is 14.0. The fourth-order valence-corrected chi connectivity index (χ4v) is 3.10. The van der Waals surface area contributed by atoms with E-state index in [1.54, 1.807) is 55.4 Å². The summed E-state index contributed by atoms with van der Waals surface area (Å²) in [5.74, 6) is 0.207. The molecule has 1 N–H and O–H groups in total. The second-order valence-electron chi connectivity index (χ2n) is 6.70. The summed E-state index contributed by atoms with van der Waals surface area (Å²) in [6.07, 6.45) is 4.81. The summed E-state index contributed by atoms with van der Waals surface area (Å²) in [4.78, 5) is 25.3. The number of urea groups is 1. The van der Waals surface area contributed by atoms with Crippen molar-refractivity contribution in [3.63, 3.8) is 0 Å². The topological polar surface area (TPSA) is 88.8 Å². The van der Waals surface area contributed by atoms with Gasteiger partial charge in [-0.3, -0.25) is 4.79 Å². The number of hydrogen-bond donors (Lipinski definition) is 1. The molecule has 8 heteroatoms. The van der Waals surface area contributed by atoms with Crippen LogP contribution < -0.4 is 10.1 Å². The third-order valence-corrected chi connectivity index (χ3v) is 4.78. The Morgan fingerprint density at radius 2 is 1.83 bits per heavy atom. The number of rotatable bonds is 5. The van der Waals surface area contributed by atoms with E-state index >= 15 is 0 Å². The van der Waals surface area contributed by atoms with Crippen molar-refractivity contribution < 1.29 is 14.3 Å². The molecule has 29 heavy (non-hydrogen) atoms. The predicted octanol–water partition coefficient (Wildman–Crippen LogP) is 2.68. The summed E-state index contributed by atoms with van der Waals surface area (Å²) >= 11 is 0. The van der Waals surface area contributed by atoms with Crippen molar-refractivity contribution in [1.29, 1.82) is 0 Å². The van der Waals surface area contributed by atoms with Gasteiger partial charge in [0.05, 0.1) is 25.2 Å². The Labute approximate surface area is 167 Å². The predicted molar refractivity (Wildman–Crippen MR) is 107 cm³/mol. The van der Waals surface area contributed by atoms with Gasteiger partial charge in [-0.1, -0.05) is 30.3 Å². The lowest BCUT2D eigenvalue weighted by Gasteiger charge is -2.21. The minimum Gasteiger partial charge on any atom is -0.497 e. The van der Waals surface area contributed by atoms with Gasteiger partial charge in [-0.15, -0.1) is 5.01 Å². The van der Waals surface area contributed by atoms with E-state index in [9.17, 15) is 9.59 Å². The Bertz CT molecular complexity index is 1080. The average Bonchev–Trinajstić information content (AvgIpc) is 3.31. The maximum Gasteiger partial charge on any atom is 0.346 e. The number of nitrogens with one attached hydrogen (secondary N) is 1. The molecule has 0 radical (unpaired) electrons. The highest BCUT2D eigenvalue weighted by molar-refractivity contribution is 6.07. The van der Waals surface area contributed by atoms with Gasteiger partial charge in [0.1, 0.15) is 11.3 Å². The highest BCUT2D eigenvalue weighted by Gasteiger charge is 2.49. The van der Waals surface area contributed by atoms with E-state index in [0.717, 1.165) is 10.7 Å². The van der Waals surface area contributed by atoms with E-state index in [4.69, 9.17) is 4.74 Å². The van der Waals surface area contributed by atoms with Crippen LogP contribution >= 0.6 is 0 Å². The third-order valence-electron chi connectivity index (χ3n) is 4.78. The van der Waals surface area contributed by atoms with Crippen molar-refractivity contribution in [2.24, 2.45) is 5.10 Å². The van der Waals surface area contributed by atoms with E-state index in [-0.39, 0.29) is 0 Å². The van der Waals surface area contributed by atoms with Gasteiger partial charge in [0, 0.05) is 11.8 Å². The minimum atomic E-state index is -1.20. The van der Waals surface area contributed by atoms with Crippen molar-refractivity contribution >= 4 is 18.2 Å². The molecule has 146 valence electrons. The molecule has 0 unspecified atom stereocenters. The number of amides is 3. The molecule has 0 bridgehead atoms. The van der Waals surface area contributed by atoms with Crippen molar-refractivity contribution in [3.05, 3.63) is 78.1 Å². The maximum absolute atomic E-state index is 12.9. The third kappa shape index (κ3) is 3.36. The number of hydrogen-bond acceptors (Lipinski definition) is 5. The molecule has 2 heterocycles. The Hall–Kier alpha value is -3.94. The molecule has 8 nitrogen and oxygen atoms in total.